The summed E-state index contributed by atoms with van der Waals surface area (Å²) in [4.78, 5) is 14.9. The van der Waals surface area contributed by atoms with E-state index in [2.05, 4.69) is 30.3 Å². The number of likely N-dealkylation sites (tertiary alicyclic amines) is 1. The maximum atomic E-state index is 12.9. The third-order valence-electron chi connectivity index (χ3n) is 6.84. The number of hydrogen-bond acceptors (Lipinski definition) is 4. The molecule has 1 aromatic carbocycles. The monoisotopic (exact) mass is 386 g/mol. The summed E-state index contributed by atoms with van der Waals surface area (Å²) in [7, 11) is 0. The topological polar surface area (TPSA) is 64.8 Å². The first-order valence-corrected chi connectivity index (χ1v) is 11.0. The van der Waals surface area contributed by atoms with Crippen LogP contribution >= 0.6 is 0 Å². The Morgan fingerprint density at radius 1 is 1.11 bits per heavy atom. The molecule has 28 heavy (non-hydrogen) atoms. The zero-order valence-electron chi connectivity index (χ0n) is 16.8. The lowest BCUT2D eigenvalue weighted by atomic mass is 9.83. The SMILES string of the molecule is N[C@H]1CCCN(C(=O)[C@H]2CCOC2)[C@H]1CO[C@H]1CC[C@@H](c2ccccc2)CC1. The van der Waals surface area contributed by atoms with Gasteiger partial charge in [0.1, 0.15) is 0 Å². The Bertz CT molecular complexity index is 624. The van der Waals surface area contributed by atoms with E-state index in [1.807, 2.05) is 4.90 Å². The Balaban J connectivity index is 1.29. The van der Waals surface area contributed by atoms with Gasteiger partial charge in [-0.05, 0) is 56.4 Å². The average molecular weight is 387 g/mol. The van der Waals surface area contributed by atoms with Crippen molar-refractivity contribution >= 4 is 5.91 Å². The number of nitrogens with zero attached hydrogens (tertiary/aromatic N) is 1. The predicted octanol–water partition coefficient (Wildman–Crippen LogP) is 3.08. The third-order valence-corrected chi connectivity index (χ3v) is 6.84. The van der Waals surface area contributed by atoms with Crippen LogP contribution in [0.25, 0.3) is 0 Å². The van der Waals surface area contributed by atoms with Gasteiger partial charge < -0.3 is 20.1 Å². The van der Waals surface area contributed by atoms with Crippen LogP contribution in [0.5, 0.6) is 0 Å². The number of benzene rings is 1. The van der Waals surface area contributed by atoms with Crippen molar-refractivity contribution in [3.05, 3.63) is 35.9 Å². The highest BCUT2D eigenvalue weighted by Gasteiger charge is 2.37. The molecule has 154 valence electrons. The Kier molecular flexibility index (Phi) is 6.65. The quantitative estimate of drug-likeness (QED) is 0.845. The molecule has 0 spiro atoms. The van der Waals surface area contributed by atoms with E-state index in [0.717, 1.165) is 38.6 Å². The zero-order valence-corrected chi connectivity index (χ0v) is 16.8. The molecule has 2 N–H and O–H groups in total. The van der Waals surface area contributed by atoms with Crippen molar-refractivity contribution in [1.29, 1.82) is 0 Å². The molecule has 3 aliphatic rings. The highest BCUT2D eigenvalue weighted by atomic mass is 16.5. The first kappa shape index (κ1) is 19.9. The maximum absolute atomic E-state index is 12.9. The number of carbonyl (C=O) groups is 1. The van der Waals surface area contributed by atoms with E-state index < -0.39 is 0 Å². The van der Waals surface area contributed by atoms with Crippen LogP contribution in [-0.2, 0) is 14.3 Å². The molecule has 0 radical (unpaired) electrons. The molecule has 0 bridgehead atoms. The smallest absolute Gasteiger partial charge is 0.228 e. The minimum absolute atomic E-state index is 0.00805. The standard InChI is InChI=1S/C23H34N2O3/c24-21-7-4-13-25(23(26)19-12-14-27-15-19)22(21)16-28-20-10-8-18(9-11-20)17-5-2-1-3-6-17/h1-3,5-6,18-22H,4,7-16,24H2/t18-,19-,20+,21-,22-/m0/s1. The van der Waals surface area contributed by atoms with Crippen molar-refractivity contribution in [3.8, 4) is 0 Å². The van der Waals surface area contributed by atoms with E-state index in [1.54, 1.807) is 0 Å². The fourth-order valence-corrected chi connectivity index (χ4v) is 5.06. The Morgan fingerprint density at radius 2 is 1.89 bits per heavy atom. The lowest BCUT2D eigenvalue weighted by Crippen LogP contribution is -2.58. The summed E-state index contributed by atoms with van der Waals surface area (Å²) in [6.45, 7) is 2.63. The molecular weight excluding hydrogens is 352 g/mol. The summed E-state index contributed by atoms with van der Waals surface area (Å²) in [6.07, 6.45) is 7.61. The Labute approximate surface area is 168 Å². The molecule has 1 aliphatic carbocycles. The molecule has 2 aliphatic heterocycles. The summed E-state index contributed by atoms with van der Waals surface area (Å²) < 4.78 is 11.7. The highest BCUT2D eigenvalue weighted by molar-refractivity contribution is 5.79. The van der Waals surface area contributed by atoms with E-state index in [4.69, 9.17) is 15.2 Å². The largest absolute Gasteiger partial charge is 0.381 e. The van der Waals surface area contributed by atoms with Crippen molar-refractivity contribution in [2.45, 2.75) is 69.1 Å². The van der Waals surface area contributed by atoms with Gasteiger partial charge in [-0.15, -0.1) is 0 Å². The predicted molar refractivity (Wildman–Crippen MR) is 109 cm³/mol. The molecule has 2 heterocycles. The Morgan fingerprint density at radius 3 is 2.61 bits per heavy atom. The molecule has 0 aromatic heterocycles. The van der Waals surface area contributed by atoms with Crippen LogP contribution in [0.4, 0.5) is 0 Å². The summed E-state index contributed by atoms with van der Waals surface area (Å²) in [5.41, 5.74) is 7.86. The van der Waals surface area contributed by atoms with Crippen molar-refractivity contribution in [1.82, 2.24) is 4.90 Å². The minimum Gasteiger partial charge on any atom is -0.381 e. The van der Waals surface area contributed by atoms with Crippen LogP contribution in [0.2, 0.25) is 0 Å². The fraction of sp³-hybridized carbons (Fsp3) is 0.696. The summed E-state index contributed by atoms with van der Waals surface area (Å²) in [5, 5.41) is 0. The van der Waals surface area contributed by atoms with Crippen molar-refractivity contribution in [3.63, 3.8) is 0 Å². The number of amides is 1. The lowest BCUT2D eigenvalue weighted by Gasteiger charge is -2.41. The Hall–Kier alpha value is -1.43. The second-order valence-electron chi connectivity index (χ2n) is 8.68. The molecule has 4 rings (SSSR count). The third kappa shape index (κ3) is 4.58. The van der Waals surface area contributed by atoms with Gasteiger partial charge in [0.15, 0.2) is 0 Å². The van der Waals surface area contributed by atoms with Crippen molar-refractivity contribution in [2.24, 2.45) is 11.7 Å². The molecule has 1 saturated carbocycles. The van der Waals surface area contributed by atoms with E-state index >= 15 is 0 Å². The maximum Gasteiger partial charge on any atom is 0.228 e. The van der Waals surface area contributed by atoms with Crippen LogP contribution < -0.4 is 5.73 Å². The van der Waals surface area contributed by atoms with Gasteiger partial charge in [-0.1, -0.05) is 30.3 Å². The number of hydrogen-bond donors (Lipinski definition) is 1. The molecule has 1 amide bonds. The summed E-state index contributed by atoms with van der Waals surface area (Å²) in [6, 6.07) is 10.8. The summed E-state index contributed by atoms with van der Waals surface area (Å²) in [5.74, 6) is 0.876. The van der Waals surface area contributed by atoms with Gasteiger partial charge in [0.2, 0.25) is 5.91 Å². The summed E-state index contributed by atoms with van der Waals surface area (Å²) >= 11 is 0. The number of carbonyl (C=O) groups excluding carboxylic acids is 1. The normalized spacial score (nSPS) is 33.8. The molecule has 3 fully saturated rings. The van der Waals surface area contributed by atoms with Gasteiger partial charge in [-0.3, -0.25) is 4.79 Å². The van der Waals surface area contributed by atoms with Gasteiger partial charge in [-0.2, -0.15) is 0 Å². The number of nitrogens with two attached hydrogens (primary N) is 1. The molecule has 2 saturated heterocycles. The second kappa shape index (κ2) is 9.38. The molecular formula is C23H34N2O3. The van der Waals surface area contributed by atoms with Gasteiger partial charge in [0, 0.05) is 19.2 Å². The van der Waals surface area contributed by atoms with E-state index in [-0.39, 0.29) is 23.9 Å². The fourth-order valence-electron chi connectivity index (χ4n) is 5.06. The van der Waals surface area contributed by atoms with Crippen molar-refractivity contribution < 1.29 is 14.3 Å². The molecule has 1 aromatic rings. The van der Waals surface area contributed by atoms with Crippen molar-refractivity contribution in [2.75, 3.05) is 26.4 Å². The van der Waals surface area contributed by atoms with Gasteiger partial charge >= 0.3 is 0 Å². The van der Waals surface area contributed by atoms with Crippen LogP contribution in [-0.4, -0.2) is 55.4 Å². The van der Waals surface area contributed by atoms with Gasteiger partial charge in [-0.25, -0.2) is 0 Å². The first-order chi connectivity index (χ1) is 13.7. The molecule has 5 nitrogen and oxygen atoms in total. The van der Waals surface area contributed by atoms with E-state index in [0.29, 0.717) is 31.8 Å². The average Bonchev–Trinajstić information content (AvgIpc) is 3.28. The number of ether oxygens (including phenoxy) is 2. The highest BCUT2D eigenvalue weighted by Crippen LogP contribution is 2.34. The second-order valence-corrected chi connectivity index (χ2v) is 8.68. The van der Waals surface area contributed by atoms with Crippen LogP contribution in [0.15, 0.2) is 30.3 Å². The zero-order chi connectivity index (χ0) is 19.3. The van der Waals surface area contributed by atoms with Gasteiger partial charge in [0.05, 0.1) is 31.3 Å². The van der Waals surface area contributed by atoms with Crippen LogP contribution in [0.1, 0.15) is 56.4 Å². The van der Waals surface area contributed by atoms with Crippen LogP contribution in [0.3, 0.4) is 0 Å². The van der Waals surface area contributed by atoms with Gasteiger partial charge in [0.25, 0.3) is 0 Å². The lowest BCUT2D eigenvalue weighted by molar-refractivity contribution is -0.142. The molecule has 0 unspecified atom stereocenters. The minimum atomic E-state index is 0.00805. The molecule has 3 atom stereocenters. The van der Waals surface area contributed by atoms with E-state index in [1.165, 1.54) is 18.4 Å². The number of piperidine rings is 1. The van der Waals surface area contributed by atoms with E-state index in [9.17, 15) is 4.79 Å². The molecule has 5 heteroatoms. The first-order valence-electron chi connectivity index (χ1n) is 11.0. The number of rotatable bonds is 5. The van der Waals surface area contributed by atoms with Crippen LogP contribution in [0, 0.1) is 5.92 Å².